The maximum absolute atomic E-state index is 5.71. The van der Waals surface area contributed by atoms with Gasteiger partial charge in [-0.15, -0.1) is 0 Å². The van der Waals surface area contributed by atoms with Crippen LogP contribution in [0.3, 0.4) is 0 Å². The minimum Gasteiger partial charge on any atom is -0.461 e. The van der Waals surface area contributed by atoms with Crippen LogP contribution in [-0.2, 0) is 4.74 Å². The molecule has 0 aromatic carbocycles. The largest absolute Gasteiger partial charge is 0.461 e. The summed E-state index contributed by atoms with van der Waals surface area (Å²) in [6.45, 7) is 6.63. The van der Waals surface area contributed by atoms with Crippen LogP contribution in [0.4, 0.5) is 11.9 Å². The highest BCUT2D eigenvalue weighted by atomic mass is 16.5. The molecular weight excluding hydrogens is 246 g/mol. The van der Waals surface area contributed by atoms with Crippen LogP contribution in [0.1, 0.15) is 27.2 Å². The van der Waals surface area contributed by atoms with Crippen LogP contribution < -0.4 is 15.4 Å². The van der Waals surface area contributed by atoms with Gasteiger partial charge in [-0.2, -0.15) is 15.0 Å². The lowest BCUT2D eigenvalue weighted by Crippen LogP contribution is -2.38. The minimum atomic E-state index is -0.00584. The summed E-state index contributed by atoms with van der Waals surface area (Å²) in [6.07, 6.45) is 1.09. The normalized spacial score (nSPS) is 22.8. The molecule has 2 heterocycles. The topological polar surface area (TPSA) is 86.4 Å². The second-order valence-corrected chi connectivity index (χ2v) is 4.99. The van der Waals surface area contributed by atoms with E-state index >= 15 is 0 Å². The molecule has 19 heavy (non-hydrogen) atoms. The van der Waals surface area contributed by atoms with Crippen molar-refractivity contribution in [2.24, 2.45) is 0 Å². The first kappa shape index (κ1) is 13.8. The molecule has 1 aliphatic heterocycles. The van der Waals surface area contributed by atoms with Crippen LogP contribution in [-0.4, -0.2) is 46.9 Å². The van der Waals surface area contributed by atoms with Crippen molar-refractivity contribution in [3.8, 4) is 6.01 Å². The molecule has 0 radical (unpaired) electrons. The van der Waals surface area contributed by atoms with Crippen molar-refractivity contribution in [3.63, 3.8) is 0 Å². The van der Waals surface area contributed by atoms with E-state index in [4.69, 9.17) is 15.2 Å². The monoisotopic (exact) mass is 267 g/mol. The predicted octanol–water partition coefficient (Wildman–Crippen LogP) is 0.855. The van der Waals surface area contributed by atoms with Crippen molar-refractivity contribution in [2.45, 2.75) is 45.4 Å². The number of likely N-dealkylation sites (N-methyl/N-ethyl adjacent to an activating group) is 1. The number of ether oxygens (including phenoxy) is 2. The third-order valence-corrected chi connectivity index (χ3v) is 3.11. The van der Waals surface area contributed by atoms with E-state index in [9.17, 15) is 0 Å². The second-order valence-electron chi connectivity index (χ2n) is 4.99. The molecule has 0 bridgehead atoms. The van der Waals surface area contributed by atoms with Crippen molar-refractivity contribution in [3.05, 3.63) is 0 Å². The van der Waals surface area contributed by atoms with E-state index in [0.29, 0.717) is 5.95 Å². The van der Waals surface area contributed by atoms with Gasteiger partial charge in [-0.05, 0) is 27.2 Å². The average molecular weight is 267 g/mol. The maximum atomic E-state index is 5.71. The van der Waals surface area contributed by atoms with Gasteiger partial charge in [-0.1, -0.05) is 0 Å². The van der Waals surface area contributed by atoms with Gasteiger partial charge in [0.05, 0.1) is 18.2 Å². The van der Waals surface area contributed by atoms with E-state index in [1.165, 1.54) is 0 Å². The Morgan fingerprint density at radius 3 is 2.68 bits per heavy atom. The fourth-order valence-corrected chi connectivity index (χ4v) is 2.16. The number of nitrogen functional groups attached to an aromatic ring is 1. The lowest BCUT2D eigenvalue weighted by Gasteiger charge is -2.26. The van der Waals surface area contributed by atoms with Crippen LogP contribution in [0, 0.1) is 0 Å². The van der Waals surface area contributed by atoms with E-state index < -0.39 is 0 Å². The average Bonchev–Trinajstić information content (AvgIpc) is 2.72. The molecule has 0 saturated carbocycles. The highest BCUT2D eigenvalue weighted by Gasteiger charge is 2.29. The number of nitrogens with two attached hydrogens (primary N) is 1. The zero-order chi connectivity index (χ0) is 14.0. The Kier molecular flexibility index (Phi) is 4.04. The van der Waals surface area contributed by atoms with Crippen molar-refractivity contribution >= 4 is 11.9 Å². The molecule has 1 fully saturated rings. The quantitative estimate of drug-likeness (QED) is 0.865. The van der Waals surface area contributed by atoms with Gasteiger partial charge in [-0.3, -0.25) is 0 Å². The van der Waals surface area contributed by atoms with Crippen molar-refractivity contribution in [1.29, 1.82) is 0 Å². The zero-order valence-corrected chi connectivity index (χ0v) is 11.8. The van der Waals surface area contributed by atoms with Gasteiger partial charge in [0.2, 0.25) is 11.9 Å². The smallest absolute Gasteiger partial charge is 0.323 e. The molecule has 2 atom stereocenters. The molecule has 0 amide bonds. The van der Waals surface area contributed by atoms with Gasteiger partial charge in [0, 0.05) is 13.7 Å². The Hall–Kier alpha value is -1.63. The van der Waals surface area contributed by atoms with E-state index in [2.05, 4.69) is 15.0 Å². The summed E-state index contributed by atoms with van der Waals surface area (Å²) in [7, 11) is 1.93. The molecule has 1 aromatic rings. The van der Waals surface area contributed by atoms with Crippen LogP contribution in [0.2, 0.25) is 0 Å². The van der Waals surface area contributed by atoms with Gasteiger partial charge in [0.25, 0.3) is 0 Å². The van der Waals surface area contributed by atoms with Crippen molar-refractivity contribution in [1.82, 2.24) is 15.0 Å². The van der Waals surface area contributed by atoms with E-state index in [0.717, 1.165) is 13.0 Å². The lowest BCUT2D eigenvalue weighted by molar-refractivity contribution is 0.118. The molecule has 0 spiro atoms. The molecule has 7 heteroatoms. The fraction of sp³-hybridized carbons (Fsp3) is 0.750. The summed E-state index contributed by atoms with van der Waals surface area (Å²) < 4.78 is 11.0. The first-order valence-electron chi connectivity index (χ1n) is 6.50. The minimum absolute atomic E-state index is 0.00584. The summed E-state index contributed by atoms with van der Waals surface area (Å²) in [5.74, 6) is 0.685. The number of hydrogen-bond acceptors (Lipinski definition) is 7. The van der Waals surface area contributed by atoms with Crippen LogP contribution >= 0.6 is 0 Å². The molecule has 2 N–H and O–H groups in total. The van der Waals surface area contributed by atoms with E-state index in [-0.39, 0.29) is 30.2 Å². The van der Waals surface area contributed by atoms with E-state index in [1.807, 2.05) is 32.7 Å². The molecule has 2 rings (SSSR count). The number of rotatable bonds is 4. The van der Waals surface area contributed by atoms with Gasteiger partial charge in [0.15, 0.2) is 0 Å². The third-order valence-electron chi connectivity index (χ3n) is 3.11. The fourth-order valence-electron chi connectivity index (χ4n) is 2.16. The Bertz CT molecular complexity index is 440. The Balaban J connectivity index is 2.21. The number of nitrogens with zero attached hydrogens (tertiary/aromatic N) is 4. The Morgan fingerprint density at radius 1 is 1.37 bits per heavy atom. The highest BCUT2D eigenvalue weighted by Crippen LogP contribution is 2.23. The van der Waals surface area contributed by atoms with Crippen LogP contribution in [0.25, 0.3) is 0 Å². The lowest BCUT2D eigenvalue weighted by atomic mass is 10.1. The summed E-state index contributed by atoms with van der Waals surface area (Å²) in [5, 5.41) is 0. The van der Waals surface area contributed by atoms with Crippen LogP contribution in [0.15, 0.2) is 0 Å². The van der Waals surface area contributed by atoms with Crippen LogP contribution in [0.5, 0.6) is 6.01 Å². The molecule has 1 aromatic heterocycles. The Labute approximate surface area is 113 Å². The second kappa shape index (κ2) is 5.56. The molecule has 7 nitrogen and oxygen atoms in total. The predicted molar refractivity (Wildman–Crippen MR) is 72.2 cm³/mol. The van der Waals surface area contributed by atoms with Gasteiger partial charge >= 0.3 is 6.01 Å². The summed E-state index contributed by atoms with van der Waals surface area (Å²) in [6, 6.07) is 0.504. The third kappa shape index (κ3) is 3.23. The van der Waals surface area contributed by atoms with Crippen molar-refractivity contribution < 1.29 is 9.47 Å². The SMILES string of the molecule is CC(C)Oc1nc(N)nc(N(C)C2CCOC2C)n1. The van der Waals surface area contributed by atoms with E-state index in [1.54, 1.807) is 0 Å². The molecular formula is C12H21N5O2. The number of hydrogen-bond donors (Lipinski definition) is 1. The molecule has 2 unspecified atom stereocenters. The summed E-state index contributed by atoms with van der Waals surface area (Å²) >= 11 is 0. The number of anilines is 2. The molecule has 1 saturated heterocycles. The summed E-state index contributed by atoms with van der Waals surface area (Å²) in [4.78, 5) is 14.4. The Morgan fingerprint density at radius 2 is 2.11 bits per heavy atom. The van der Waals surface area contributed by atoms with Gasteiger partial charge < -0.3 is 20.1 Å². The number of aromatic nitrogens is 3. The van der Waals surface area contributed by atoms with Gasteiger partial charge in [0.1, 0.15) is 0 Å². The first-order valence-corrected chi connectivity index (χ1v) is 6.50. The zero-order valence-electron chi connectivity index (χ0n) is 11.8. The molecule has 0 aliphatic carbocycles. The first-order chi connectivity index (χ1) is 8.97. The highest BCUT2D eigenvalue weighted by molar-refractivity contribution is 5.36. The van der Waals surface area contributed by atoms with Gasteiger partial charge in [-0.25, -0.2) is 0 Å². The maximum Gasteiger partial charge on any atom is 0.323 e. The molecule has 1 aliphatic rings. The van der Waals surface area contributed by atoms with Crippen molar-refractivity contribution in [2.75, 3.05) is 24.3 Å². The summed E-state index contributed by atoms with van der Waals surface area (Å²) in [5.41, 5.74) is 5.71. The standard InChI is InChI=1S/C12H21N5O2/c1-7(2)19-12-15-10(13)14-11(16-12)17(4)9-5-6-18-8(9)3/h7-9H,5-6H2,1-4H3,(H2,13,14,15,16). The molecule has 106 valence electrons.